The first kappa shape index (κ1) is 17.2. The number of aliphatic carboxylic acids is 1. The molecular weight excluding hydrogens is 376 g/mol. The zero-order valence-electron chi connectivity index (χ0n) is 15.5. The van der Waals surface area contributed by atoms with E-state index in [1.54, 1.807) is 50.4 Å². The third-order valence-corrected chi connectivity index (χ3v) is 5.18. The van der Waals surface area contributed by atoms with Crippen LogP contribution < -0.4 is 10.4 Å². The van der Waals surface area contributed by atoms with Crippen LogP contribution in [0.1, 0.15) is 23.2 Å². The number of hydrogen-bond donors (Lipinski definition) is 2. The van der Waals surface area contributed by atoms with Gasteiger partial charge < -0.3 is 19.4 Å². The van der Waals surface area contributed by atoms with Gasteiger partial charge in [-0.15, -0.1) is 0 Å². The first-order valence-electron chi connectivity index (χ1n) is 8.98. The Bertz CT molecular complexity index is 1300. The van der Waals surface area contributed by atoms with Crippen molar-refractivity contribution in [1.29, 1.82) is 0 Å². The van der Waals surface area contributed by atoms with E-state index >= 15 is 0 Å². The van der Waals surface area contributed by atoms with Crippen LogP contribution in [0.15, 0.2) is 45.8 Å². The van der Waals surface area contributed by atoms with E-state index in [1.807, 2.05) is 0 Å². The van der Waals surface area contributed by atoms with E-state index in [1.165, 1.54) is 4.57 Å². The minimum atomic E-state index is -1.34. The predicted molar refractivity (Wildman–Crippen MR) is 102 cm³/mol. The molecule has 9 heteroatoms. The van der Waals surface area contributed by atoms with Crippen molar-refractivity contribution in [3.8, 4) is 16.9 Å². The number of nitrogens with zero attached hydrogens (tertiary/aromatic N) is 3. The minimum absolute atomic E-state index is 0.301. The molecule has 2 unspecified atom stereocenters. The third-order valence-electron chi connectivity index (χ3n) is 5.18. The van der Waals surface area contributed by atoms with Crippen LogP contribution in [0.2, 0.25) is 0 Å². The number of benzene rings is 1. The second kappa shape index (κ2) is 6.06. The Morgan fingerprint density at radius 2 is 2.07 bits per heavy atom. The summed E-state index contributed by atoms with van der Waals surface area (Å²) in [5.74, 6) is -0.319. The molecule has 9 nitrogen and oxygen atoms in total. The number of H-pyrrole nitrogens is 1. The van der Waals surface area contributed by atoms with E-state index in [4.69, 9.17) is 9.26 Å². The van der Waals surface area contributed by atoms with Gasteiger partial charge in [0.2, 0.25) is 6.10 Å². The van der Waals surface area contributed by atoms with E-state index < -0.39 is 23.8 Å². The Morgan fingerprint density at radius 1 is 1.24 bits per heavy atom. The Balaban J connectivity index is 1.86. The first-order chi connectivity index (χ1) is 14.0. The molecule has 1 aliphatic heterocycles. The van der Waals surface area contributed by atoms with Crippen LogP contribution in [0.4, 0.5) is 0 Å². The van der Waals surface area contributed by atoms with Gasteiger partial charge in [-0.1, -0.05) is 11.2 Å². The molecule has 0 saturated heterocycles. The molecule has 5 rings (SSSR count). The maximum Gasteiger partial charge on any atom is 0.347 e. The molecule has 2 atom stereocenters. The second-order valence-corrected chi connectivity index (χ2v) is 6.91. The van der Waals surface area contributed by atoms with E-state index in [0.717, 1.165) is 0 Å². The zero-order valence-corrected chi connectivity index (χ0v) is 15.5. The number of imidazole rings is 1. The maximum atomic E-state index is 12.8. The normalized spacial score (nSPS) is 18.0. The number of carboxylic acid groups (broad SMARTS) is 1. The summed E-state index contributed by atoms with van der Waals surface area (Å²) in [6.45, 7) is 3.56. The van der Waals surface area contributed by atoms with Crippen LogP contribution in [-0.4, -0.2) is 36.9 Å². The number of aryl methyl sites for hydroxylation is 2. The highest BCUT2D eigenvalue weighted by Crippen LogP contribution is 2.44. The van der Waals surface area contributed by atoms with Gasteiger partial charge in [-0.3, -0.25) is 9.55 Å². The summed E-state index contributed by atoms with van der Waals surface area (Å²) in [4.78, 5) is 32.0. The summed E-state index contributed by atoms with van der Waals surface area (Å²) in [5.41, 5.74) is 3.00. The van der Waals surface area contributed by atoms with Crippen LogP contribution in [0.3, 0.4) is 0 Å². The van der Waals surface area contributed by atoms with Gasteiger partial charge in [-0.2, -0.15) is 0 Å². The van der Waals surface area contributed by atoms with Crippen molar-refractivity contribution < 1.29 is 19.2 Å². The summed E-state index contributed by atoms with van der Waals surface area (Å²) in [6.07, 6.45) is 0.217. The van der Waals surface area contributed by atoms with Crippen LogP contribution >= 0.6 is 0 Å². The van der Waals surface area contributed by atoms with Gasteiger partial charge in [0, 0.05) is 11.8 Å². The summed E-state index contributed by atoms with van der Waals surface area (Å²) in [6, 6.07) is 7.76. The summed E-state index contributed by atoms with van der Waals surface area (Å²) < 4.78 is 12.7. The summed E-state index contributed by atoms with van der Waals surface area (Å²) in [5, 5.41) is 13.9. The van der Waals surface area contributed by atoms with E-state index in [2.05, 4.69) is 15.1 Å². The third kappa shape index (κ3) is 2.40. The van der Waals surface area contributed by atoms with Crippen molar-refractivity contribution >= 4 is 17.0 Å². The molecule has 4 aromatic rings. The van der Waals surface area contributed by atoms with Crippen LogP contribution in [0, 0.1) is 13.8 Å². The average molecular weight is 392 g/mol. The van der Waals surface area contributed by atoms with Gasteiger partial charge in [0.15, 0.2) is 5.75 Å². The standard InChI is InChI=1S/C20H16N4O5/c1-9-14(10(2)29-23-9)11-6-7-13-16-17(11)28-18(19(25)26)15(24(16)20(27)22-13)12-5-3-4-8-21-12/h3-8,15,18H,1-2H3,(H,22,27)(H,25,26). The average Bonchev–Trinajstić information content (AvgIpc) is 3.22. The first-order valence-corrected chi connectivity index (χ1v) is 8.98. The highest BCUT2D eigenvalue weighted by Gasteiger charge is 2.42. The number of nitrogens with one attached hydrogen (secondary N) is 1. The number of aromatic nitrogens is 4. The van der Waals surface area contributed by atoms with Crippen molar-refractivity contribution in [3.63, 3.8) is 0 Å². The van der Waals surface area contributed by atoms with Gasteiger partial charge in [0.25, 0.3) is 0 Å². The summed E-state index contributed by atoms with van der Waals surface area (Å²) in [7, 11) is 0. The van der Waals surface area contributed by atoms with E-state index in [0.29, 0.717) is 45.1 Å². The molecule has 0 bridgehead atoms. The van der Waals surface area contributed by atoms with Crippen molar-refractivity contribution in [2.45, 2.75) is 26.0 Å². The van der Waals surface area contributed by atoms with E-state index in [9.17, 15) is 14.7 Å². The van der Waals surface area contributed by atoms with Crippen LogP contribution in [0.25, 0.3) is 22.2 Å². The zero-order chi connectivity index (χ0) is 20.3. The lowest BCUT2D eigenvalue weighted by atomic mass is 9.98. The number of rotatable bonds is 3. The monoisotopic (exact) mass is 392 g/mol. The number of aromatic amines is 1. The molecule has 0 aliphatic carbocycles. The molecule has 1 aliphatic rings. The van der Waals surface area contributed by atoms with Crippen molar-refractivity contribution in [2.75, 3.05) is 0 Å². The van der Waals surface area contributed by atoms with Crippen molar-refractivity contribution in [3.05, 3.63) is 64.2 Å². The van der Waals surface area contributed by atoms with Gasteiger partial charge in [0.1, 0.15) is 17.3 Å². The molecule has 4 heterocycles. The second-order valence-electron chi connectivity index (χ2n) is 6.91. The fourth-order valence-corrected chi connectivity index (χ4v) is 3.99. The summed E-state index contributed by atoms with van der Waals surface area (Å²) >= 11 is 0. The van der Waals surface area contributed by atoms with Crippen molar-refractivity contribution in [2.24, 2.45) is 0 Å². The SMILES string of the molecule is Cc1noc(C)c1-c1ccc2[nH]c(=O)n3c2c1OC(C(=O)O)C3c1ccccn1. The van der Waals surface area contributed by atoms with Crippen LogP contribution in [-0.2, 0) is 4.79 Å². The molecule has 0 amide bonds. The molecule has 2 N–H and O–H groups in total. The van der Waals surface area contributed by atoms with E-state index in [-0.39, 0.29) is 0 Å². The van der Waals surface area contributed by atoms with Gasteiger partial charge >= 0.3 is 11.7 Å². The predicted octanol–water partition coefficient (Wildman–Crippen LogP) is 2.43. The Labute approximate surface area is 163 Å². The number of carboxylic acids is 1. The topological polar surface area (TPSA) is 123 Å². The largest absolute Gasteiger partial charge is 0.478 e. The fraction of sp³-hybridized carbons (Fsp3) is 0.200. The Hall–Kier alpha value is -3.88. The fourth-order valence-electron chi connectivity index (χ4n) is 3.99. The minimum Gasteiger partial charge on any atom is -0.478 e. The Kier molecular flexibility index (Phi) is 3.60. The Morgan fingerprint density at radius 3 is 2.72 bits per heavy atom. The number of hydrogen-bond acceptors (Lipinski definition) is 6. The maximum absolute atomic E-state index is 12.8. The lowest BCUT2D eigenvalue weighted by Gasteiger charge is -2.31. The van der Waals surface area contributed by atoms with Gasteiger partial charge in [-0.05, 0) is 38.1 Å². The smallest absolute Gasteiger partial charge is 0.347 e. The molecule has 0 spiro atoms. The quantitative estimate of drug-likeness (QED) is 0.549. The molecule has 0 fully saturated rings. The highest BCUT2D eigenvalue weighted by molar-refractivity contribution is 5.93. The number of pyridine rings is 1. The highest BCUT2D eigenvalue weighted by atomic mass is 16.5. The molecule has 0 radical (unpaired) electrons. The van der Waals surface area contributed by atoms with Gasteiger partial charge in [-0.25, -0.2) is 9.59 Å². The van der Waals surface area contributed by atoms with Gasteiger partial charge in [0.05, 0.1) is 22.5 Å². The van der Waals surface area contributed by atoms with Crippen molar-refractivity contribution in [1.82, 2.24) is 19.7 Å². The molecule has 0 saturated carbocycles. The molecule has 3 aromatic heterocycles. The lowest BCUT2D eigenvalue weighted by molar-refractivity contribution is -0.147. The molecule has 146 valence electrons. The van der Waals surface area contributed by atoms with Crippen LogP contribution in [0.5, 0.6) is 5.75 Å². The molecule has 1 aromatic carbocycles. The number of ether oxygens (including phenoxy) is 1. The molecule has 29 heavy (non-hydrogen) atoms. The number of carbonyl (C=O) groups is 1. The molecular formula is C20H16N4O5. The lowest BCUT2D eigenvalue weighted by Crippen LogP contribution is -2.43.